The molecule has 0 radical (unpaired) electrons. The minimum absolute atomic E-state index is 0.163. The van der Waals surface area contributed by atoms with Crippen molar-refractivity contribution in [2.45, 2.75) is 6.92 Å². The quantitative estimate of drug-likeness (QED) is 0.494. The van der Waals surface area contributed by atoms with E-state index in [0.717, 1.165) is 21.8 Å². The predicted octanol–water partition coefficient (Wildman–Crippen LogP) is 5.61. The molecule has 4 nitrogen and oxygen atoms in total. The van der Waals surface area contributed by atoms with E-state index in [4.69, 9.17) is 4.74 Å². The van der Waals surface area contributed by atoms with Gasteiger partial charge in [0.05, 0.1) is 16.8 Å². The molecule has 0 atom stereocenters. The number of rotatable bonds is 5. The normalized spacial score (nSPS) is 10.7. The molecule has 0 aliphatic rings. The van der Waals surface area contributed by atoms with E-state index in [0.29, 0.717) is 17.9 Å². The second-order valence-electron chi connectivity index (χ2n) is 5.98. The van der Waals surface area contributed by atoms with Crippen molar-refractivity contribution in [3.63, 3.8) is 0 Å². The van der Waals surface area contributed by atoms with Gasteiger partial charge in [0.2, 0.25) is 0 Å². The fraction of sp³-hybridized carbons (Fsp3) is 0.0909. The zero-order chi connectivity index (χ0) is 18.6. The summed E-state index contributed by atoms with van der Waals surface area (Å²) in [7, 11) is 0. The summed E-state index contributed by atoms with van der Waals surface area (Å²) in [5.74, 6) is 0.528. The highest BCUT2D eigenvalue weighted by Gasteiger charge is 2.09. The van der Waals surface area contributed by atoms with Gasteiger partial charge in [0.1, 0.15) is 10.8 Å². The highest BCUT2D eigenvalue weighted by Crippen LogP contribution is 2.30. The molecule has 0 fully saturated rings. The number of thiazole rings is 1. The van der Waals surface area contributed by atoms with Crippen molar-refractivity contribution in [2.24, 2.45) is 0 Å². The Morgan fingerprint density at radius 1 is 1.04 bits per heavy atom. The molecule has 1 aromatic heterocycles. The van der Waals surface area contributed by atoms with Crippen LogP contribution in [-0.4, -0.2) is 17.5 Å². The summed E-state index contributed by atoms with van der Waals surface area (Å²) in [5, 5.41) is 3.89. The molecule has 0 spiro atoms. The lowest BCUT2D eigenvalue weighted by molar-refractivity contribution is 0.102. The number of amides is 1. The van der Waals surface area contributed by atoms with Crippen LogP contribution >= 0.6 is 11.3 Å². The van der Waals surface area contributed by atoms with Gasteiger partial charge >= 0.3 is 0 Å². The second kappa shape index (κ2) is 7.60. The van der Waals surface area contributed by atoms with E-state index < -0.39 is 0 Å². The molecule has 1 amide bonds. The maximum absolute atomic E-state index is 12.5. The van der Waals surface area contributed by atoms with E-state index in [1.54, 1.807) is 23.5 Å². The monoisotopic (exact) mass is 374 g/mol. The highest BCUT2D eigenvalue weighted by molar-refractivity contribution is 7.21. The lowest BCUT2D eigenvalue weighted by Gasteiger charge is -2.08. The van der Waals surface area contributed by atoms with Crippen molar-refractivity contribution in [3.8, 4) is 16.3 Å². The van der Waals surface area contributed by atoms with Crippen LogP contribution in [0.15, 0.2) is 72.8 Å². The average Bonchev–Trinajstić information content (AvgIpc) is 3.13. The topological polar surface area (TPSA) is 51.2 Å². The number of ether oxygens (including phenoxy) is 1. The third-order valence-corrected chi connectivity index (χ3v) is 5.18. The van der Waals surface area contributed by atoms with Crippen molar-refractivity contribution in [3.05, 3.63) is 78.4 Å². The summed E-state index contributed by atoms with van der Waals surface area (Å²) in [6.07, 6.45) is 0. The molecule has 0 saturated heterocycles. The molecule has 3 aromatic carbocycles. The first-order valence-electron chi connectivity index (χ1n) is 8.73. The van der Waals surface area contributed by atoms with E-state index in [9.17, 15) is 4.79 Å². The van der Waals surface area contributed by atoms with Gasteiger partial charge < -0.3 is 10.1 Å². The maximum Gasteiger partial charge on any atom is 0.255 e. The average molecular weight is 374 g/mol. The van der Waals surface area contributed by atoms with E-state index in [-0.39, 0.29) is 5.91 Å². The van der Waals surface area contributed by atoms with E-state index >= 15 is 0 Å². The number of hydrogen-bond donors (Lipinski definition) is 1. The molecule has 0 aliphatic carbocycles. The molecule has 5 heteroatoms. The molecule has 0 saturated carbocycles. The first-order valence-corrected chi connectivity index (χ1v) is 9.55. The lowest BCUT2D eigenvalue weighted by atomic mass is 10.1. The third-order valence-electron chi connectivity index (χ3n) is 4.09. The summed E-state index contributed by atoms with van der Waals surface area (Å²) >= 11 is 1.66. The van der Waals surface area contributed by atoms with Crippen LogP contribution in [0.5, 0.6) is 5.75 Å². The number of anilines is 1. The molecule has 0 unspecified atom stereocenters. The Balaban J connectivity index is 1.50. The van der Waals surface area contributed by atoms with Crippen LogP contribution in [0.3, 0.4) is 0 Å². The van der Waals surface area contributed by atoms with Crippen LogP contribution in [0.1, 0.15) is 17.3 Å². The number of nitrogens with zero attached hydrogens (tertiary/aromatic N) is 1. The molecule has 4 rings (SSSR count). The van der Waals surface area contributed by atoms with Gasteiger partial charge in [-0.25, -0.2) is 4.98 Å². The molecular weight excluding hydrogens is 356 g/mol. The Labute approximate surface area is 161 Å². The van der Waals surface area contributed by atoms with Gasteiger partial charge in [0.15, 0.2) is 0 Å². The molecule has 1 heterocycles. The first kappa shape index (κ1) is 17.2. The SMILES string of the molecule is CCOc1cccc(C(=O)Nc2ccc(-c3nc4ccccc4s3)cc2)c1. The summed E-state index contributed by atoms with van der Waals surface area (Å²) in [6, 6.07) is 23.0. The Morgan fingerprint density at radius 3 is 2.63 bits per heavy atom. The molecule has 0 aliphatic heterocycles. The van der Waals surface area contributed by atoms with Gasteiger partial charge in [-0.05, 0) is 61.5 Å². The Morgan fingerprint density at radius 2 is 1.85 bits per heavy atom. The van der Waals surface area contributed by atoms with E-state index in [1.807, 2.05) is 61.5 Å². The van der Waals surface area contributed by atoms with Crippen LogP contribution in [0, 0.1) is 0 Å². The van der Waals surface area contributed by atoms with Gasteiger partial charge in [0.25, 0.3) is 5.91 Å². The fourth-order valence-corrected chi connectivity index (χ4v) is 3.76. The van der Waals surface area contributed by atoms with Crippen LogP contribution < -0.4 is 10.1 Å². The van der Waals surface area contributed by atoms with Gasteiger partial charge in [-0.1, -0.05) is 18.2 Å². The van der Waals surface area contributed by atoms with E-state index in [1.165, 1.54) is 4.70 Å². The summed E-state index contributed by atoms with van der Waals surface area (Å²) in [5.41, 5.74) is 3.35. The molecule has 27 heavy (non-hydrogen) atoms. The van der Waals surface area contributed by atoms with Crippen molar-refractivity contribution in [1.82, 2.24) is 4.98 Å². The molecule has 134 valence electrons. The number of hydrogen-bond acceptors (Lipinski definition) is 4. The van der Waals surface area contributed by atoms with Crippen molar-refractivity contribution in [2.75, 3.05) is 11.9 Å². The number of fused-ring (bicyclic) bond motifs is 1. The standard InChI is InChI=1S/C22H18N2O2S/c1-2-26-18-7-5-6-16(14-18)21(25)23-17-12-10-15(11-13-17)22-24-19-8-3-4-9-20(19)27-22/h3-14H,2H2,1H3,(H,23,25). The Bertz CT molecular complexity index is 1050. The number of carbonyl (C=O) groups is 1. The smallest absolute Gasteiger partial charge is 0.255 e. The van der Waals surface area contributed by atoms with Gasteiger partial charge in [0, 0.05) is 16.8 Å². The Hall–Kier alpha value is -3.18. The highest BCUT2D eigenvalue weighted by atomic mass is 32.1. The molecule has 4 aromatic rings. The zero-order valence-corrected chi connectivity index (χ0v) is 15.6. The largest absolute Gasteiger partial charge is 0.494 e. The Kier molecular flexibility index (Phi) is 4.85. The van der Waals surface area contributed by atoms with Crippen molar-refractivity contribution < 1.29 is 9.53 Å². The third kappa shape index (κ3) is 3.83. The fourth-order valence-electron chi connectivity index (χ4n) is 2.79. The van der Waals surface area contributed by atoms with E-state index in [2.05, 4.69) is 16.4 Å². The number of benzene rings is 3. The first-order chi connectivity index (χ1) is 13.2. The zero-order valence-electron chi connectivity index (χ0n) is 14.8. The maximum atomic E-state index is 12.5. The minimum Gasteiger partial charge on any atom is -0.494 e. The van der Waals surface area contributed by atoms with Crippen LogP contribution in [0.25, 0.3) is 20.8 Å². The van der Waals surface area contributed by atoms with Gasteiger partial charge in [-0.2, -0.15) is 0 Å². The lowest BCUT2D eigenvalue weighted by Crippen LogP contribution is -2.11. The molecular formula is C22H18N2O2S. The number of carbonyl (C=O) groups excluding carboxylic acids is 1. The summed E-state index contributed by atoms with van der Waals surface area (Å²) in [6.45, 7) is 2.48. The predicted molar refractivity (Wildman–Crippen MR) is 111 cm³/mol. The molecule has 0 bridgehead atoms. The number of nitrogens with one attached hydrogen (secondary N) is 1. The minimum atomic E-state index is -0.163. The number of para-hydroxylation sites is 1. The second-order valence-corrected chi connectivity index (χ2v) is 7.01. The van der Waals surface area contributed by atoms with Crippen molar-refractivity contribution in [1.29, 1.82) is 0 Å². The molecule has 1 N–H and O–H groups in total. The van der Waals surface area contributed by atoms with Gasteiger partial charge in [-0.15, -0.1) is 11.3 Å². The van der Waals surface area contributed by atoms with Gasteiger partial charge in [-0.3, -0.25) is 4.79 Å². The number of aromatic nitrogens is 1. The van der Waals surface area contributed by atoms with Crippen LogP contribution in [0.4, 0.5) is 5.69 Å². The van der Waals surface area contributed by atoms with Crippen LogP contribution in [0.2, 0.25) is 0 Å². The van der Waals surface area contributed by atoms with Crippen molar-refractivity contribution >= 4 is 33.1 Å². The summed E-state index contributed by atoms with van der Waals surface area (Å²) < 4.78 is 6.62. The summed E-state index contributed by atoms with van der Waals surface area (Å²) in [4.78, 5) is 17.1. The van der Waals surface area contributed by atoms with Crippen LogP contribution in [-0.2, 0) is 0 Å².